The Morgan fingerprint density at radius 2 is 2.17 bits per heavy atom. The topological polar surface area (TPSA) is 55.1 Å². The average molecular weight is 182 g/mol. The quantitative estimate of drug-likeness (QED) is 0.608. The maximum Gasteiger partial charge on any atom is 0.280 e. The Labute approximate surface area is 76.4 Å². The summed E-state index contributed by atoms with van der Waals surface area (Å²) in [7, 11) is 0. The zero-order valence-electron chi connectivity index (χ0n) is 6.45. The predicted octanol–water partition coefficient (Wildman–Crippen LogP) is 1.61. The average Bonchev–Trinajstić information content (AvgIpc) is 2.04. The number of hydrogen-bond acceptors (Lipinski definition) is 2. The number of para-hydroxylation sites is 1. The van der Waals surface area contributed by atoms with Gasteiger partial charge in [-0.25, -0.2) is 0 Å². The maximum absolute atomic E-state index is 10.6. The van der Waals surface area contributed by atoms with Crippen LogP contribution in [0, 0.1) is 0 Å². The molecule has 0 aromatic heterocycles. The van der Waals surface area contributed by atoms with Gasteiger partial charge in [-0.3, -0.25) is 4.79 Å². The van der Waals surface area contributed by atoms with Crippen LogP contribution < -0.4 is 11.1 Å². The normalized spacial score (nSPS) is 9.50. The first kappa shape index (κ1) is 9.09. The van der Waals surface area contributed by atoms with Crippen LogP contribution in [0.25, 0.3) is 0 Å². The van der Waals surface area contributed by atoms with E-state index in [2.05, 4.69) is 17.9 Å². The number of thiol groups is 1. The van der Waals surface area contributed by atoms with Crippen molar-refractivity contribution < 1.29 is 4.79 Å². The highest BCUT2D eigenvalue weighted by atomic mass is 32.1. The number of nitrogens with two attached hydrogens (primary N) is 1. The minimum Gasteiger partial charge on any atom is -0.326 e. The highest BCUT2D eigenvalue weighted by molar-refractivity contribution is 7.96. The Morgan fingerprint density at radius 3 is 2.75 bits per heavy atom. The standard InChI is InChI=1S/C8H10N2OS/c9-5-6-3-1-2-4-7(6)10-8(11)12/h1-4H,5,9H2,(H2,10,11,12). The van der Waals surface area contributed by atoms with E-state index < -0.39 is 0 Å². The van der Waals surface area contributed by atoms with E-state index in [1.807, 2.05) is 18.2 Å². The molecule has 1 aromatic rings. The molecule has 0 unspecified atom stereocenters. The van der Waals surface area contributed by atoms with Crippen molar-refractivity contribution in [2.24, 2.45) is 5.73 Å². The third-order valence-electron chi connectivity index (χ3n) is 1.48. The summed E-state index contributed by atoms with van der Waals surface area (Å²) in [5, 5.41) is 2.19. The van der Waals surface area contributed by atoms with Crippen molar-refractivity contribution in [2.75, 3.05) is 5.32 Å². The number of carbonyl (C=O) groups is 1. The van der Waals surface area contributed by atoms with Gasteiger partial charge in [0.05, 0.1) is 0 Å². The first-order valence-electron chi connectivity index (χ1n) is 3.52. The lowest BCUT2D eigenvalue weighted by atomic mass is 10.2. The van der Waals surface area contributed by atoms with E-state index >= 15 is 0 Å². The molecule has 0 saturated heterocycles. The van der Waals surface area contributed by atoms with Gasteiger partial charge in [0.1, 0.15) is 0 Å². The fourth-order valence-corrected chi connectivity index (χ4v) is 1.06. The lowest BCUT2D eigenvalue weighted by Gasteiger charge is -2.05. The van der Waals surface area contributed by atoms with Crippen molar-refractivity contribution in [3.05, 3.63) is 29.8 Å². The largest absolute Gasteiger partial charge is 0.326 e. The molecular formula is C8H10N2OS. The monoisotopic (exact) mass is 182 g/mol. The molecule has 12 heavy (non-hydrogen) atoms. The van der Waals surface area contributed by atoms with Crippen molar-refractivity contribution in [3.8, 4) is 0 Å². The fourth-order valence-electron chi connectivity index (χ4n) is 0.935. The van der Waals surface area contributed by atoms with Gasteiger partial charge in [0.2, 0.25) is 0 Å². The van der Waals surface area contributed by atoms with Crippen LogP contribution >= 0.6 is 12.6 Å². The number of hydrogen-bond donors (Lipinski definition) is 3. The molecule has 4 heteroatoms. The first-order chi connectivity index (χ1) is 5.74. The zero-order chi connectivity index (χ0) is 8.97. The van der Waals surface area contributed by atoms with E-state index in [0.29, 0.717) is 6.54 Å². The van der Waals surface area contributed by atoms with E-state index in [1.165, 1.54) is 0 Å². The number of benzene rings is 1. The Hall–Kier alpha value is -1.000. The number of nitrogens with one attached hydrogen (secondary N) is 1. The summed E-state index contributed by atoms with van der Waals surface area (Å²) < 4.78 is 0. The third-order valence-corrected chi connectivity index (χ3v) is 1.59. The molecule has 0 fully saturated rings. The van der Waals surface area contributed by atoms with Crippen molar-refractivity contribution in [1.29, 1.82) is 0 Å². The molecule has 0 saturated carbocycles. The first-order valence-corrected chi connectivity index (χ1v) is 3.96. The van der Waals surface area contributed by atoms with E-state index in [9.17, 15) is 4.79 Å². The Morgan fingerprint density at radius 1 is 1.50 bits per heavy atom. The molecule has 0 aliphatic rings. The van der Waals surface area contributed by atoms with Crippen LogP contribution in [0.1, 0.15) is 5.56 Å². The second-order valence-electron chi connectivity index (χ2n) is 2.29. The molecule has 0 atom stereocenters. The highest BCUT2D eigenvalue weighted by Gasteiger charge is 2.00. The molecular weight excluding hydrogens is 172 g/mol. The van der Waals surface area contributed by atoms with Crippen molar-refractivity contribution in [2.45, 2.75) is 6.54 Å². The van der Waals surface area contributed by atoms with Gasteiger partial charge >= 0.3 is 0 Å². The summed E-state index contributed by atoms with van der Waals surface area (Å²) in [5.74, 6) is 0. The van der Waals surface area contributed by atoms with Gasteiger partial charge in [0.15, 0.2) is 0 Å². The molecule has 0 heterocycles. The van der Waals surface area contributed by atoms with Crippen LogP contribution in [0.2, 0.25) is 0 Å². The van der Waals surface area contributed by atoms with E-state index in [0.717, 1.165) is 11.3 Å². The molecule has 1 rings (SSSR count). The molecule has 0 bridgehead atoms. The van der Waals surface area contributed by atoms with Crippen LogP contribution in [-0.2, 0) is 6.54 Å². The summed E-state index contributed by atoms with van der Waals surface area (Å²) in [6, 6.07) is 7.35. The van der Waals surface area contributed by atoms with Gasteiger partial charge in [-0.05, 0) is 11.6 Å². The molecule has 0 aliphatic heterocycles. The van der Waals surface area contributed by atoms with Gasteiger partial charge < -0.3 is 11.1 Å². The van der Waals surface area contributed by atoms with Gasteiger partial charge in [0, 0.05) is 12.2 Å². The molecule has 0 spiro atoms. The number of amides is 1. The number of carbonyl (C=O) groups excluding carboxylic acids is 1. The second kappa shape index (κ2) is 4.13. The maximum atomic E-state index is 10.6. The van der Waals surface area contributed by atoms with Crippen LogP contribution in [-0.4, -0.2) is 5.24 Å². The summed E-state index contributed by atoms with van der Waals surface area (Å²) in [4.78, 5) is 10.6. The Balaban J connectivity index is 2.89. The molecule has 1 aromatic carbocycles. The van der Waals surface area contributed by atoms with Gasteiger partial charge in [-0.1, -0.05) is 30.8 Å². The molecule has 3 nitrogen and oxygen atoms in total. The summed E-state index contributed by atoms with van der Waals surface area (Å²) in [6.07, 6.45) is 0. The zero-order valence-corrected chi connectivity index (χ0v) is 7.34. The van der Waals surface area contributed by atoms with Crippen molar-refractivity contribution >= 4 is 23.6 Å². The van der Waals surface area contributed by atoms with Crippen LogP contribution in [0.4, 0.5) is 10.5 Å². The lowest BCUT2D eigenvalue weighted by molar-refractivity contribution is 0.270. The van der Waals surface area contributed by atoms with Gasteiger partial charge in [0.25, 0.3) is 5.24 Å². The lowest BCUT2D eigenvalue weighted by Crippen LogP contribution is -2.06. The highest BCUT2D eigenvalue weighted by Crippen LogP contribution is 2.14. The molecule has 0 aliphatic carbocycles. The molecule has 3 N–H and O–H groups in total. The SMILES string of the molecule is NCc1ccccc1NC(=O)S. The predicted molar refractivity (Wildman–Crippen MR) is 52.3 cm³/mol. The van der Waals surface area contributed by atoms with Crippen molar-refractivity contribution in [3.63, 3.8) is 0 Å². The van der Waals surface area contributed by atoms with Crippen LogP contribution in [0.5, 0.6) is 0 Å². The van der Waals surface area contributed by atoms with Gasteiger partial charge in [-0.15, -0.1) is 0 Å². The number of anilines is 1. The van der Waals surface area contributed by atoms with E-state index in [4.69, 9.17) is 5.73 Å². The molecule has 64 valence electrons. The Bertz CT molecular complexity index is 288. The minimum atomic E-state index is -0.379. The summed E-state index contributed by atoms with van der Waals surface area (Å²) in [6.45, 7) is 0.407. The second-order valence-corrected chi connectivity index (χ2v) is 2.70. The molecule has 0 radical (unpaired) electrons. The van der Waals surface area contributed by atoms with Crippen molar-refractivity contribution in [1.82, 2.24) is 0 Å². The summed E-state index contributed by atoms with van der Waals surface area (Å²) in [5.41, 5.74) is 7.08. The van der Waals surface area contributed by atoms with E-state index in [-0.39, 0.29) is 5.24 Å². The molecule has 1 amide bonds. The van der Waals surface area contributed by atoms with Crippen LogP contribution in [0.3, 0.4) is 0 Å². The number of rotatable bonds is 2. The van der Waals surface area contributed by atoms with Gasteiger partial charge in [-0.2, -0.15) is 0 Å². The third kappa shape index (κ3) is 2.25. The smallest absolute Gasteiger partial charge is 0.280 e. The van der Waals surface area contributed by atoms with E-state index in [1.54, 1.807) is 6.07 Å². The van der Waals surface area contributed by atoms with Crippen LogP contribution in [0.15, 0.2) is 24.3 Å². The minimum absolute atomic E-state index is 0.379. The Kier molecular flexibility index (Phi) is 3.13. The summed E-state index contributed by atoms with van der Waals surface area (Å²) >= 11 is 3.60. The fraction of sp³-hybridized carbons (Fsp3) is 0.125.